The van der Waals surface area contributed by atoms with Crippen LogP contribution >= 0.6 is 0 Å². The largest absolute Gasteiger partial charge is 0.481 e. The second-order valence-electron chi connectivity index (χ2n) is 7.73. The molecule has 0 aliphatic rings. The molecule has 0 saturated carbocycles. The van der Waals surface area contributed by atoms with Gasteiger partial charge in [0.05, 0.1) is 5.41 Å². The van der Waals surface area contributed by atoms with E-state index in [9.17, 15) is 32.8 Å². The molecule has 9 heteroatoms. The fourth-order valence-corrected chi connectivity index (χ4v) is 4.97. The molecule has 0 aliphatic carbocycles. The minimum absolute atomic E-state index is 0. The van der Waals surface area contributed by atoms with E-state index in [0.29, 0.717) is 25.7 Å². The van der Waals surface area contributed by atoms with Gasteiger partial charge in [-0.2, -0.15) is 8.42 Å². The van der Waals surface area contributed by atoms with Gasteiger partial charge in [0, 0.05) is 37.7 Å². The van der Waals surface area contributed by atoms with Gasteiger partial charge in [0.2, 0.25) is 0 Å². The topological polar surface area (TPSA) is 129 Å². The molecule has 0 aromatic carbocycles. The summed E-state index contributed by atoms with van der Waals surface area (Å²) in [5.41, 5.74) is -2.01. The molecular weight excluding hydrogens is 424 g/mol. The zero-order chi connectivity index (χ0) is 21.6. The first-order valence-electron chi connectivity index (χ1n) is 10.6. The van der Waals surface area contributed by atoms with Crippen molar-refractivity contribution >= 4 is 59.8 Å². The molecule has 0 fully saturated rings. The number of carboxylic acids is 2. The maximum atomic E-state index is 12.1. The number of hydrogen-bond donors (Lipinski definition) is 3. The number of rotatable bonds is 18. The van der Waals surface area contributed by atoms with Crippen molar-refractivity contribution in [3.05, 3.63) is 0 Å². The van der Waals surface area contributed by atoms with Gasteiger partial charge in [0.25, 0.3) is 10.1 Å². The number of carboxylic acid groups (broad SMARTS) is 2. The minimum atomic E-state index is -5.05. The molecule has 7 nitrogen and oxygen atoms in total. The molecule has 0 aromatic rings. The van der Waals surface area contributed by atoms with Crippen molar-refractivity contribution in [3.63, 3.8) is 0 Å². The zero-order valence-corrected chi connectivity index (χ0v) is 21.1. The molecule has 168 valence electrons. The molecule has 2 radical (unpaired) electrons. The van der Waals surface area contributed by atoms with E-state index in [4.69, 9.17) is 0 Å². The van der Waals surface area contributed by atoms with E-state index in [-0.39, 0.29) is 50.6 Å². The molecule has 0 heterocycles. The molecule has 1 atom stereocenters. The summed E-state index contributed by atoms with van der Waals surface area (Å²) in [6.45, 7) is 4.17. The molecule has 0 saturated heterocycles. The molecule has 0 bridgehead atoms. The Hall–Kier alpha value is 0.110. The fraction of sp³-hybridized carbons (Fsp3) is 0.900. The maximum Gasteiger partial charge on any atom is 0.325 e. The van der Waals surface area contributed by atoms with E-state index in [0.717, 1.165) is 51.4 Å². The predicted molar refractivity (Wildman–Crippen MR) is 115 cm³/mol. The van der Waals surface area contributed by atoms with Crippen LogP contribution in [0.25, 0.3) is 0 Å². The van der Waals surface area contributed by atoms with Crippen molar-refractivity contribution in [1.82, 2.24) is 0 Å². The van der Waals surface area contributed by atoms with Crippen molar-refractivity contribution in [2.75, 3.05) is 0 Å². The Balaban J connectivity index is 0. The van der Waals surface area contributed by atoms with Crippen molar-refractivity contribution in [2.24, 2.45) is 5.41 Å². The van der Waals surface area contributed by atoms with E-state index >= 15 is 0 Å². The van der Waals surface area contributed by atoms with Crippen molar-refractivity contribution in [2.45, 2.75) is 109 Å². The Labute approximate surface area is 205 Å². The van der Waals surface area contributed by atoms with Crippen LogP contribution in [0.5, 0.6) is 0 Å². The summed E-state index contributed by atoms with van der Waals surface area (Å²) in [4.78, 5) is 23.8. The van der Waals surface area contributed by atoms with Crippen LogP contribution in [-0.2, 0) is 19.7 Å². The summed E-state index contributed by atoms with van der Waals surface area (Å²) >= 11 is 0. The van der Waals surface area contributed by atoms with Crippen LogP contribution in [0.3, 0.4) is 0 Å². The summed E-state index contributed by atoms with van der Waals surface area (Å²) in [7, 11) is -5.05. The Kier molecular flexibility index (Phi) is 18.1. The number of carbonyl (C=O) groups is 2. The van der Waals surface area contributed by atoms with Crippen molar-refractivity contribution in [3.8, 4) is 0 Å². The van der Waals surface area contributed by atoms with Crippen LogP contribution in [0.2, 0.25) is 0 Å². The first kappa shape index (κ1) is 31.3. The maximum absolute atomic E-state index is 12.1. The summed E-state index contributed by atoms with van der Waals surface area (Å²) in [5, 5.41) is 16.9. The van der Waals surface area contributed by atoms with Crippen LogP contribution in [0.15, 0.2) is 0 Å². The van der Waals surface area contributed by atoms with Crippen LogP contribution in [0.4, 0.5) is 0 Å². The summed E-state index contributed by atoms with van der Waals surface area (Å²) in [6, 6.07) is 0. The van der Waals surface area contributed by atoms with Crippen LogP contribution in [0, 0.1) is 5.41 Å². The third-order valence-electron chi connectivity index (χ3n) is 5.40. The molecule has 0 rings (SSSR count). The number of hydrogen-bond acceptors (Lipinski definition) is 4. The number of unbranched alkanes of at least 4 members (excludes halogenated alkanes) is 10. The van der Waals surface area contributed by atoms with E-state index < -0.39 is 32.7 Å². The molecule has 0 spiro atoms. The Bertz CT molecular complexity index is 547. The van der Waals surface area contributed by atoms with Crippen molar-refractivity contribution in [1.29, 1.82) is 0 Å². The predicted octanol–water partition coefficient (Wildman–Crippen LogP) is 4.52. The molecule has 0 aromatic heterocycles. The standard InChI is InChI=1S/C20H38O7S.Ca/c1-3-5-7-9-11-13-15-20(19(23)24,16-14-12-10-8-6-4-2)17(18(21)22)28(25,26)27;/h17H,3-16H2,1-2H3,(H,21,22)(H,23,24)(H,25,26,27);. The summed E-state index contributed by atoms with van der Waals surface area (Å²) in [5.74, 6) is -3.26. The van der Waals surface area contributed by atoms with Gasteiger partial charge < -0.3 is 10.2 Å². The minimum Gasteiger partial charge on any atom is -0.481 e. The molecular formula is C20H38CaO7S. The van der Waals surface area contributed by atoms with E-state index in [1.807, 2.05) is 0 Å². The van der Waals surface area contributed by atoms with Gasteiger partial charge >= 0.3 is 11.9 Å². The summed E-state index contributed by atoms with van der Waals surface area (Å²) in [6.07, 6.45) is 10.2. The Morgan fingerprint density at radius 3 is 1.38 bits per heavy atom. The Morgan fingerprint density at radius 2 is 1.10 bits per heavy atom. The molecule has 0 amide bonds. The average Bonchev–Trinajstić information content (AvgIpc) is 2.58. The third kappa shape index (κ3) is 11.9. The monoisotopic (exact) mass is 462 g/mol. The van der Waals surface area contributed by atoms with Gasteiger partial charge in [0.1, 0.15) is 0 Å². The first-order valence-corrected chi connectivity index (χ1v) is 12.1. The molecule has 0 aliphatic heterocycles. The van der Waals surface area contributed by atoms with Gasteiger partial charge in [-0.1, -0.05) is 90.9 Å². The Morgan fingerprint density at radius 1 is 0.759 bits per heavy atom. The van der Waals surface area contributed by atoms with Gasteiger partial charge in [-0.25, -0.2) is 0 Å². The van der Waals surface area contributed by atoms with E-state index in [1.165, 1.54) is 0 Å². The van der Waals surface area contributed by atoms with Gasteiger partial charge in [-0.05, 0) is 12.8 Å². The van der Waals surface area contributed by atoms with Crippen molar-refractivity contribution < 1.29 is 32.8 Å². The normalized spacial score (nSPS) is 12.9. The SMILES string of the molecule is CCCCCCCCC(CCCCCCCC)(C(=O)O)C(C(=O)O)S(=O)(=O)O.[Ca]. The zero-order valence-electron chi connectivity index (χ0n) is 18.1. The smallest absolute Gasteiger partial charge is 0.325 e. The average molecular weight is 463 g/mol. The second-order valence-corrected chi connectivity index (χ2v) is 9.23. The van der Waals surface area contributed by atoms with Crippen LogP contribution in [-0.4, -0.2) is 78.1 Å². The van der Waals surface area contributed by atoms with Crippen LogP contribution < -0.4 is 0 Å². The molecule has 3 N–H and O–H groups in total. The van der Waals surface area contributed by atoms with Crippen LogP contribution in [0.1, 0.15) is 104 Å². The van der Waals surface area contributed by atoms with Gasteiger partial charge in [-0.15, -0.1) is 0 Å². The first-order chi connectivity index (χ1) is 13.1. The molecule has 1 unspecified atom stereocenters. The fourth-order valence-electron chi connectivity index (χ4n) is 3.80. The summed E-state index contributed by atoms with van der Waals surface area (Å²) < 4.78 is 33.1. The van der Waals surface area contributed by atoms with Gasteiger partial charge in [-0.3, -0.25) is 14.1 Å². The quantitative estimate of drug-likeness (QED) is 0.155. The number of aliphatic carboxylic acids is 2. The van der Waals surface area contributed by atoms with E-state index in [2.05, 4.69) is 13.8 Å². The van der Waals surface area contributed by atoms with Gasteiger partial charge in [0.15, 0.2) is 5.25 Å². The third-order valence-corrected chi connectivity index (χ3v) is 6.65. The van der Waals surface area contributed by atoms with E-state index in [1.54, 1.807) is 0 Å². The molecule has 29 heavy (non-hydrogen) atoms. The second kappa shape index (κ2) is 16.8.